The number of carboxylic acids is 1. The van der Waals surface area contributed by atoms with Gasteiger partial charge in [0.25, 0.3) is 0 Å². The van der Waals surface area contributed by atoms with E-state index in [0.717, 1.165) is 19.3 Å². The average molecular weight is 244 g/mol. The minimum absolute atomic E-state index is 0.0592. The van der Waals surface area contributed by atoms with Crippen LogP contribution in [0.25, 0.3) is 0 Å². The van der Waals surface area contributed by atoms with Crippen molar-refractivity contribution in [1.82, 2.24) is 9.80 Å². The molecule has 0 aromatic carbocycles. The lowest BCUT2D eigenvalue weighted by molar-refractivity contribution is -0.137. The van der Waals surface area contributed by atoms with E-state index in [4.69, 9.17) is 5.11 Å². The van der Waals surface area contributed by atoms with Crippen molar-refractivity contribution in [1.29, 1.82) is 0 Å². The van der Waals surface area contributed by atoms with Crippen LogP contribution in [-0.4, -0.2) is 64.3 Å². The molecule has 6 heteroatoms. The highest BCUT2D eigenvalue weighted by atomic mass is 16.4. The van der Waals surface area contributed by atoms with E-state index in [-0.39, 0.29) is 25.2 Å². The molecule has 1 unspecified atom stereocenters. The molecule has 0 saturated carbocycles. The summed E-state index contributed by atoms with van der Waals surface area (Å²) >= 11 is 0. The molecule has 2 N–H and O–H groups in total. The Morgan fingerprint density at radius 1 is 1.41 bits per heavy atom. The number of carboxylic acid groups (broad SMARTS) is 1. The summed E-state index contributed by atoms with van der Waals surface area (Å²) < 4.78 is 0. The largest absolute Gasteiger partial charge is 0.480 e. The number of aliphatic hydroxyl groups is 1. The maximum Gasteiger partial charge on any atom is 0.323 e. The van der Waals surface area contributed by atoms with Gasteiger partial charge in [-0.3, -0.25) is 4.79 Å². The van der Waals surface area contributed by atoms with Gasteiger partial charge in [-0.05, 0) is 26.2 Å². The van der Waals surface area contributed by atoms with Crippen molar-refractivity contribution in [3.8, 4) is 0 Å². The van der Waals surface area contributed by atoms with Crippen LogP contribution in [0.15, 0.2) is 0 Å². The molecule has 98 valence electrons. The van der Waals surface area contributed by atoms with Crippen LogP contribution in [0.1, 0.15) is 26.2 Å². The van der Waals surface area contributed by atoms with Crippen LogP contribution in [0.3, 0.4) is 0 Å². The molecule has 2 amide bonds. The first-order valence-corrected chi connectivity index (χ1v) is 5.98. The van der Waals surface area contributed by atoms with Crippen LogP contribution >= 0.6 is 0 Å². The lowest BCUT2D eigenvalue weighted by Crippen LogP contribution is -2.52. The molecule has 1 rings (SSSR count). The zero-order chi connectivity index (χ0) is 12.8. The van der Waals surface area contributed by atoms with E-state index in [0.29, 0.717) is 13.1 Å². The number of carbonyl (C=O) groups excluding carboxylic acids is 1. The molecule has 0 aromatic heterocycles. The van der Waals surface area contributed by atoms with Gasteiger partial charge in [0.15, 0.2) is 0 Å². The normalized spacial score (nSPS) is 20.1. The molecular weight excluding hydrogens is 224 g/mol. The van der Waals surface area contributed by atoms with E-state index in [2.05, 4.69) is 0 Å². The van der Waals surface area contributed by atoms with E-state index < -0.39 is 5.97 Å². The molecule has 1 fully saturated rings. The number of amides is 2. The number of urea groups is 1. The molecule has 17 heavy (non-hydrogen) atoms. The Bertz CT molecular complexity index is 283. The smallest absolute Gasteiger partial charge is 0.323 e. The van der Waals surface area contributed by atoms with E-state index in [1.165, 1.54) is 4.90 Å². The first-order chi connectivity index (χ1) is 8.10. The van der Waals surface area contributed by atoms with Crippen LogP contribution in [-0.2, 0) is 4.79 Å². The number of carbonyl (C=O) groups is 2. The molecule has 0 aromatic rings. The summed E-state index contributed by atoms with van der Waals surface area (Å²) in [5.41, 5.74) is 0. The van der Waals surface area contributed by atoms with Crippen molar-refractivity contribution in [3.63, 3.8) is 0 Å². The third-order valence-electron chi connectivity index (χ3n) is 3.06. The second-order valence-electron chi connectivity index (χ2n) is 4.22. The monoisotopic (exact) mass is 244 g/mol. The first-order valence-electron chi connectivity index (χ1n) is 5.98. The predicted octanol–water partition coefficient (Wildman–Crippen LogP) is 0.360. The van der Waals surface area contributed by atoms with Gasteiger partial charge in [0.05, 0.1) is 12.6 Å². The number of piperidine rings is 1. The van der Waals surface area contributed by atoms with Crippen LogP contribution in [0.4, 0.5) is 4.79 Å². The fraction of sp³-hybridized carbons (Fsp3) is 0.818. The lowest BCUT2D eigenvalue weighted by atomic mass is 10.0. The third kappa shape index (κ3) is 3.59. The number of rotatable bonds is 4. The summed E-state index contributed by atoms with van der Waals surface area (Å²) in [6.07, 6.45) is 2.69. The van der Waals surface area contributed by atoms with Crippen molar-refractivity contribution in [3.05, 3.63) is 0 Å². The van der Waals surface area contributed by atoms with Gasteiger partial charge >= 0.3 is 12.0 Å². The van der Waals surface area contributed by atoms with Gasteiger partial charge < -0.3 is 20.0 Å². The van der Waals surface area contributed by atoms with Crippen LogP contribution in [0.5, 0.6) is 0 Å². The molecule has 1 aliphatic heterocycles. The summed E-state index contributed by atoms with van der Waals surface area (Å²) in [4.78, 5) is 25.6. The zero-order valence-corrected chi connectivity index (χ0v) is 10.1. The quantitative estimate of drug-likeness (QED) is 0.748. The summed E-state index contributed by atoms with van der Waals surface area (Å²) in [6, 6.07) is -0.451. The summed E-state index contributed by atoms with van der Waals surface area (Å²) in [6.45, 7) is 2.36. The molecule has 1 atom stereocenters. The minimum Gasteiger partial charge on any atom is -0.480 e. The van der Waals surface area contributed by atoms with Gasteiger partial charge in [-0.1, -0.05) is 0 Å². The maximum absolute atomic E-state index is 12.1. The highest BCUT2D eigenvalue weighted by Gasteiger charge is 2.29. The molecule has 0 aliphatic carbocycles. The highest BCUT2D eigenvalue weighted by Crippen LogP contribution is 2.18. The fourth-order valence-corrected chi connectivity index (χ4v) is 2.10. The van der Waals surface area contributed by atoms with Crippen LogP contribution in [0.2, 0.25) is 0 Å². The molecular formula is C11H20N2O4. The Hall–Kier alpha value is -1.30. The summed E-state index contributed by atoms with van der Waals surface area (Å²) in [5.74, 6) is -1.02. The van der Waals surface area contributed by atoms with Crippen molar-refractivity contribution >= 4 is 12.0 Å². The van der Waals surface area contributed by atoms with Gasteiger partial charge in [0, 0.05) is 13.1 Å². The number of aliphatic hydroxyl groups excluding tert-OH is 1. The maximum atomic E-state index is 12.1. The molecule has 0 radical (unpaired) electrons. The second-order valence-corrected chi connectivity index (χ2v) is 4.22. The molecule has 1 saturated heterocycles. The number of likely N-dealkylation sites (tertiary alicyclic amines) is 1. The van der Waals surface area contributed by atoms with E-state index in [1.54, 1.807) is 11.8 Å². The average Bonchev–Trinajstić information content (AvgIpc) is 2.34. The SMILES string of the molecule is CCN(CC(=O)O)C(=O)N1CCCCC1CO. The van der Waals surface area contributed by atoms with Gasteiger partial charge in [0.2, 0.25) is 0 Å². The van der Waals surface area contributed by atoms with Gasteiger partial charge in [-0.25, -0.2) is 4.79 Å². The number of aliphatic carboxylic acids is 1. The zero-order valence-electron chi connectivity index (χ0n) is 10.1. The molecule has 6 nitrogen and oxygen atoms in total. The second kappa shape index (κ2) is 6.44. The Morgan fingerprint density at radius 3 is 2.65 bits per heavy atom. The standard InChI is InChI=1S/C11H20N2O4/c1-2-12(7-10(15)16)11(17)13-6-4-3-5-9(13)8-14/h9,14H,2-8H2,1H3,(H,15,16). The Balaban J connectivity index is 2.67. The minimum atomic E-state index is -1.02. The topological polar surface area (TPSA) is 81.1 Å². The number of nitrogens with zero attached hydrogens (tertiary/aromatic N) is 2. The Morgan fingerprint density at radius 2 is 2.12 bits per heavy atom. The van der Waals surface area contributed by atoms with Crippen molar-refractivity contribution in [2.24, 2.45) is 0 Å². The van der Waals surface area contributed by atoms with Crippen LogP contribution in [0, 0.1) is 0 Å². The van der Waals surface area contributed by atoms with E-state index >= 15 is 0 Å². The van der Waals surface area contributed by atoms with Gasteiger partial charge in [-0.15, -0.1) is 0 Å². The highest BCUT2D eigenvalue weighted by molar-refractivity contribution is 5.80. The number of likely N-dealkylation sites (N-methyl/N-ethyl adjacent to an activating group) is 1. The first kappa shape index (κ1) is 13.8. The van der Waals surface area contributed by atoms with E-state index in [9.17, 15) is 14.7 Å². The molecule has 0 spiro atoms. The summed E-state index contributed by atoms with van der Waals surface area (Å²) in [5, 5.41) is 17.9. The van der Waals surface area contributed by atoms with E-state index in [1.807, 2.05) is 0 Å². The summed E-state index contributed by atoms with van der Waals surface area (Å²) in [7, 11) is 0. The lowest BCUT2D eigenvalue weighted by Gasteiger charge is -2.37. The molecule has 0 bridgehead atoms. The molecule has 1 aliphatic rings. The van der Waals surface area contributed by atoms with Crippen molar-refractivity contribution in [2.75, 3.05) is 26.2 Å². The third-order valence-corrected chi connectivity index (χ3v) is 3.06. The van der Waals surface area contributed by atoms with Gasteiger partial charge in [0.1, 0.15) is 6.54 Å². The number of hydrogen-bond donors (Lipinski definition) is 2. The van der Waals surface area contributed by atoms with Gasteiger partial charge in [-0.2, -0.15) is 0 Å². The van der Waals surface area contributed by atoms with Crippen molar-refractivity contribution < 1.29 is 19.8 Å². The van der Waals surface area contributed by atoms with Crippen molar-refractivity contribution in [2.45, 2.75) is 32.2 Å². The fourth-order valence-electron chi connectivity index (χ4n) is 2.10. The Labute approximate surface area is 101 Å². The Kier molecular flexibility index (Phi) is 5.21. The predicted molar refractivity (Wildman–Crippen MR) is 61.7 cm³/mol. The molecule has 1 heterocycles. The van der Waals surface area contributed by atoms with Crippen LogP contribution < -0.4 is 0 Å². The number of hydrogen-bond acceptors (Lipinski definition) is 3.